The minimum Gasteiger partial charge on any atom is -0.697 e. The zero-order valence-electron chi connectivity index (χ0n) is 4.65. The first-order valence-corrected chi connectivity index (χ1v) is 1.61. The minimum atomic E-state index is 0. The predicted molar refractivity (Wildman–Crippen MR) is 26.3 cm³/mol. The smallest absolute Gasteiger partial charge is 0.697 e. The molecule has 0 saturated heterocycles. The second-order valence-electron chi connectivity index (χ2n) is 0.577. The summed E-state index contributed by atoms with van der Waals surface area (Å²) >= 11 is 0. The van der Waals surface area contributed by atoms with Gasteiger partial charge in [-0.15, -0.1) is 0 Å². The molecule has 0 aromatic heterocycles. The van der Waals surface area contributed by atoms with Crippen LogP contribution in [0.4, 0.5) is 0 Å². The van der Waals surface area contributed by atoms with Crippen molar-refractivity contribution in [1.29, 1.82) is 0 Å². The van der Waals surface area contributed by atoms with Gasteiger partial charge in [-0.2, -0.15) is 0 Å². The summed E-state index contributed by atoms with van der Waals surface area (Å²) in [6, 6.07) is 0. The third-order valence-electron chi connectivity index (χ3n) is 0.167. The molecule has 0 aliphatic heterocycles. The maximum Gasteiger partial charge on any atom is 1.00 e. The number of hydrogen-bond acceptors (Lipinski definition) is 2. The maximum absolute atomic E-state index is 5.25. The zero-order chi connectivity index (χ0) is 5.41. The van der Waals surface area contributed by atoms with Gasteiger partial charge in [-0.3, -0.25) is 0 Å². The van der Waals surface area contributed by atoms with Crippen LogP contribution in [0.15, 0.2) is 0 Å². The summed E-state index contributed by atoms with van der Waals surface area (Å²) in [5, 5.41) is 0. The third kappa shape index (κ3) is 87.0. The van der Waals surface area contributed by atoms with Gasteiger partial charge in [-0.1, -0.05) is 0 Å². The second kappa shape index (κ2) is 36.3. The van der Waals surface area contributed by atoms with Crippen LogP contribution < -0.4 is 30.3 Å². The Kier molecular flexibility index (Phi) is 81.5. The summed E-state index contributed by atoms with van der Waals surface area (Å²) in [7, 11) is 0. The second-order valence-corrected chi connectivity index (χ2v) is 0.577. The van der Waals surface area contributed by atoms with Gasteiger partial charge in [-0.25, -0.2) is 0 Å². The molecule has 0 atom stereocenters. The quantitative estimate of drug-likeness (QED) is 0.197. The molecule has 0 aromatic carbocycles. The summed E-state index contributed by atoms with van der Waals surface area (Å²) in [6.07, 6.45) is 9.00. The number of terminal acetylenes is 1. The van der Waals surface area contributed by atoms with E-state index in [4.69, 9.17) is 17.9 Å². The van der Waals surface area contributed by atoms with Gasteiger partial charge in [0.1, 0.15) is 0 Å². The average molecular weight is 92.1 g/mol. The normalized spacial score (nSPS) is 4.57. The molecule has 0 amide bonds. The van der Waals surface area contributed by atoms with Crippen LogP contribution in [0.25, 0.3) is 0 Å². The van der Waals surface area contributed by atoms with Gasteiger partial charge in [0.15, 0.2) is 0 Å². The summed E-state index contributed by atoms with van der Waals surface area (Å²) < 4.78 is 0. The predicted octanol–water partition coefficient (Wildman–Crippen LogP) is -3.89. The van der Waals surface area contributed by atoms with Crippen LogP contribution in [0.5, 0.6) is 0 Å². The molecule has 0 spiro atoms. The molecule has 4 N–H and O–H groups in total. The fraction of sp³-hybridized carbons (Fsp3) is 0.500. The SMILES string of the molecule is NCCN.[C-]#C.[Li+]. The summed E-state index contributed by atoms with van der Waals surface area (Å²) in [5.41, 5.74) is 9.81. The first-order valence-electron chi connectivity index (χ1n) is 1.61. The van der Waals surface area contributed by atoms with E-state index in [1.165, 1.54) is 0 Å². The number of nitrogens with two attached hydrogens (primary N) is 2. The van der Waals surface area contributed by atoms with E-state index in [0.29, 0.717) is 13.1 Å². The van der Waals surface area contributed by atoms with Crippen molar-refractivity contribution >= 4 is 0 Å². The molecule has 0 saturated carbocycles. The molecular weight excluding hydrogens is 83.0 g/mol. The molecule has 0 aromatic rings. The van der Waals surface area contributed by atoms with Crippen LogP contribution in [-0.4, -0.2) is 13.1 Å². The van der Waals surface area contributed by atoms with Crippen molar-refractivity contribution in [3.8, 4) is 6.42 Å². The Morgan fingerprint density at radius 1 is 1.14 bits per heavy atom. The molecule has 0 rings (SSSR count). The molecule has 0 aliphatic rings. The van der Waals surface area contributed by atoms with Gasteiger partial charge in [-0.05, 0) is 0 Å². The van der Waals surface area contributed by atoms with E-state index in [2.05, 4.69) is 6.42 Å². The van der Waals surface area contributed by atoms with Gasteiger partial charge in [0.2, 0.25) is 0 Å². The molecule has 3 heteroatoms. The summed E-state index contributed by atoms with van der Waals surface area (Å²) in [4.78, 5) is 0. The van der Waals surface area contributed by atoms with Crippen molar-refractivity contribution in [3.63, 3.8) is 0 Å². The van der Waals surface area contributed by atoms with Crippen molar-refractivity contribution < 1.29 is 18.9 Å². The van der Waals surface area contributed by atoms with Gasteiger partial charge in [0.25, 0.3) is 0 Å². The van der Waals surface area contributed by atoms with Crippen LogP contribution in [0.1, 0.15) is 0 Å². The van der Waals surface area contributed by atoms with E-state index in [1.54, 1.807) is 0 Å². The molecule has 2 nitrogen and oxygen atoms in total. The van der Waals surface area contributed by atoms with E-state index < -0.39 is 0 Å². The Labute approximate surface area is 56.8 Å². The molecule has 0 bridgehead atoms. The Morgan fingerprint density at radius 3 is 1.29 bits per heavy atom. The van der Waals surface area contributed by atoms with Crippen molar-refractivity contribution in [1.82, 2.24) is 0 Å². The topological polar surface area (TPSA) is 52.0 Å². The van der Waals surface area contributed by atoms with E-state index in [-0.39, 0.29) is 18.9 Å². The Balaban J connectivity index is -0.0000000480. The zero-order valence-corrected chi connectivity index (χ0v) is 4.65. The van der Waals surface area contributed by atoms with Gasteiger partial charge in [0.05, 0.1) is 0 Å². The largest absolute Gasteiger partial charge is 1.00 e. The summed E-state index contributed by atoms with van der Waals surface area (Å²) in [6.45, 7) is 1.19. The number of hydrogen-bond donors (Lipinski definition) is 2. The van der Waals surface area contributed by atoms with Crippen LogP contribution in [-0.2, 0) is 0 Å². The molecule has 7 heavy (non-hydrogen) atoms. The maximum atomic E-state index is 5.25. The molecule has 0 heterocycles. The van der Waals surface area contributed by atoms with E-state index >= 15 is 0 Å². The van der Waals surface area contributed by atoms with Crippen LogP contribution in [0, 0.1) is 12.8 Å². The first-order chi connectivity index (χ1) is 2.91. The Bertz CT molecular complexity index is 26.1. The Morgan fingerprint density at radius 2 is 1.29 bits per heavy atom. The minimum absolute atomic E-state index is 0. The Hall–Kier alpha value is 0.0774. The fourth-order valence-electron chi connectivity index (χ4n) is 0. The molecule has 36 valence electrons. The van der Waals surface area contributed by atoms with E-state index in [0.717, 1.165) is 0 Å². The van der Waals surface area contributed by atoms with Gasteiger partial charge < -0.3 is 24.3 Å². The van der Waals surface area contributed by atoms with Crippen molar-refractivity contribution in [2.24, 2.45) is 11.5 Å². The third-order valence-corrected chi connectivity index (χ3v) is 0.167. The molecule has 0 unspecified atom stereocenters. The molecule has 0 aliphatic carbocycles. The van der Waals surface area contributed by atoms with Crippen LogP contribution in [0.3, 0.4) is 0 Å². The average Bonchev–Trinajstić information content (AvgIpc) is 1.72. The van der Waals surface area contributed by atoms with Gasteiger partial charge in [0, 0.05) is 13.1 Å². The van der Waals surface area contributed by atoms with Crippen molar-refractivity contribution in [3.05, 3.63) is 6.42 Å². The van der Waals surface area contributed by atoms with Crippen molar-refractivity contribution in [2.45, 2.75) is 0 Å². The van der Waals surface area contributed by atoms with Crippen LogP contribution in [0.2, 0.25) is 0 Å². The van der Waals surface area contributed by atoms with Gasteiger partial charge >= 0.3 is 18.9 Å². The summed E-state index contributed by atoms with van der Waals surface area (Å²) in [5.74, 6) is 0. The standard InChI is InChI=1S/C2H8N2.C2H.Li/c3-1-2-4;1-2;/h1-4H2;1H;/q;-1;+1. The fourth-order valence-corrected chi connectivity index (χ4v) is 0. The first kappa shape index (κ1) is 15.7. The van der Waals surface area contributed by atoms with Crippen LogP contribution >= 0.6 is 0 Å². The van der Waals surface area contributed by atoms with E-state index in [1.807, 2.05) is 0 Å². The monoisotopic (exact) mass is 92.1 g/mol. The molecular formula is C4H9LiN2. The molecule has 0 fully saturated rings. The number of rotatable bonds is 1. The van der Waals surface area contributed by atoms with E-state index in [9.17, 15) is 0 Å². The van der Waals surface area contributed by atoms with Crippen molar-refractivity contribution in [2.75, 3.05) is 13.1 Å². The molecule has 0 radical (unpaired) electrons.